The van der Waals surface area contributed by atoms with Gasteiger partial charge in [-0.1, -0.05) is 67.8 Å². The standard InChI is InChI=1S/C16H17Br2N/c1-12-4-3-5-13(8-12)11-19(2)15-7-6-14(10-17)16(18)9-15/h3-9H,10-11H2,1-2H3. The third-order valence-corrected chi connectivity index (χ3v) is 4.47. The molecule has 0 unspecified atom stereocenters. The molecule has 19 heavy (non-hydrogen) atoms. The maximum absolute atomic E-state index is 3.62. The van der Waals surface area contributed by atoms with E-state index >= 15 is 0 Å². The molecule has 0 spiro atoms. The summed E-state index contributed by atoms with van der Waals surface area (Å²) >= 11 is 7.10. The van der Waals surface area contributed by atoms with Crippen LogP contribution in [0.2, 0.25) is 0 Å². The Bertz CT molecular complexity index is 566. The summed E-state index contributed by atoms with van der Waals surface area (Å²) in [6.45, 7) is 3.05. The molecule has 0 bridgehead atoms. The minimum atomic E-state index is 0.870. The Kier molecular flexibility index (Phi) is 5.06. The van der Waals surface area contributed by atoms with E-state index in [4.69, 9.17) is 0 Å². The summed E-state index contributed by atoms with van der Waals surface area (Å²) < 4.78 is 1.15. The molecule has 0 N–H and O–H groups in total. The molecule has 1 nitrogen and oxygen atoms in total. The van der Waals surface area contributed by atoms with Gasteiger partial charge in [0.2, 0.25) is 0 Å². The van der Waals surface area contributed by atoms with Gasteiger partial charge in [0.1, 0.15) is 0 Å². The molecule has 0 heterocycles. The highest BCUT2D eigenvalue weighted by Gasteiger charge is 2.05. The lowest BCUT2D eigenvalue weighted by atomic mass is 10.1. The first-order chi connectivity index (χ1) is 9.10. The van der Waals surface area contributed by atoms with Crippen molar-refractivity contribution in [2.45, 2.75) is 18.8 Å². The molecule has 0 aliphatic heterocycles. The van der Waals surface area contributed by atoms with Crippen LogP contribution in [0.15, 0.2) is 46.9 Å². The van der Waals surface area contributed by atoms with Crippen molar-refractivity contribution < 1.29 is 0 Å². The summed E-state index contributed by atoms with van der Waals surface area (Å²) in [5.74, 6) is 0. The minimum Gasteiger partial charge on any atom is -0.370 e. The van der Waals surface area contributed by atoms with E-state index in [9.17, 15) is 0 Å². The maximum atomic E-state index is 3.62. The number of anilines is 1. The summed E-state index contributed by atoms with van der Waals surface area (Å²) in [5.41, 5.74) is 5.13. The Morgan fingerprint density at radius 2 is 1.89 bits per heavy atom. The zero-order valence-corrected chi connectivity index (χ0v) is 14.3. The van der Waals surface area contributed by atoms with Crippen LogP contribution in [0.4, 0.5) is 5.69 Å². The van der Waals surface area contributed by atoms with Gasteiger partial charge in [-0.05, 0) is 30.2 Å². The van der Waals surface area contributed by atoms with Crippen LogP contribution in [-0.2, 0) is 11.9 Å². The van der Waals surface area contributed by atoms with Gasteiger partial charge in [-0.2, -0.15) is 0 Å². The Hall–Kier alpha value is -0.800. The van der Waals surface area contributed by atoms with Crippen molar-refractivity contribution in [2.75, 3.05) is 11.9 Å². The Labute approximate surface area is 131 Å². The molecule has 0 aliphatic carbocycles. The van der Waals surface area contributed by atoms with Gasteiger partial charge in [0, 0.05) is 29.1 Å². The van der Waals surface area contributed by atoms with Crippen molar-refractivity contribution >= 4 is 37.5 Å². The fourth-order valence-electron chi connectivity index (χ4n) is 2.06. The van der Waals surface area contributed by atoms with Crippen LogP contribution in [0.1, 0.15) is 16.7 Å². The highest BCUT2D eigenvalue weighted by atomic mass is 79.9. The van der Waals surface area contributed by atoms with Crippen LogP contribution >= 0.6 is 31.9 Å². The minimum absolute atomic E-state index is 0.870. The molecule has 0 aliphatic rings. The van der Waals surface area contributed by atoms with Gasteiger partial charge in [-0.3, -0.25) is 0 Å². The smallest absolute Gasteiger partial charge is 0.0426 e. The van der Waals surface area contributed by atoms with Crippen LogP contribution in [0.3, 0.4) is 0 Å². The second-order valence-electron chi connectivity index (χ2n) is 4.75. The quantitative estimate of drug-likeness (QED) is 0.649. The lowest BCUT2D eigenvalue weighted by Gasteiger charge is -2.20. The molecule has 2 rings (SSSR count). The van der Waals surface area contributed by atoms with Crippen LogP contribution in [0, 0.1) is 6.92 Å². The third-order valence-electron chi connectivity index (χ3n) is 3.12. The number of nitrogens with zero attached hydrogens (tertiary/aromatic N) is 1. The molecule has 0 amide bonds. The average Bonchev–Trinajstić information content (AvgIpc) is 2.38. The largest absolute Gasteiger partial charge is 0.370 e. The van der Waals surface area contributed by atoms with Gasteiger partial charge in [-0.25, -0.2) is 0 Å². The zero-order chi connectivity index (χ0) is 13.8. The molecular weight excluding hydrogens is 366 g/mol. The van der Waals surface area contributed by atoms with E-state index in [0.29, 0.717) is 0 Å². The zero-order valence-electron chi connectivity index (χ0n) is 11.2. The number of halogens is 2. The fourth-order valence-corrected chi connectivity index (χ4v) is 3.43. The molecule has 2 aromatic rings. The van der Waals surface area contributed by atoms with E-state index < -0.39 is 0 Å². The number of rotatable bonds is 4. The van der Waals surface area contributed by atoms with E-state index in [2.05, 4.69) is 93.2 Å². The first kappa shape index (κ1) is 14.6. The van der Waals surface area contributed by atoms with Gasteiger partial charge in [0.05, 0.1) is 0 Å². The summed E-state index contributed by atoms with van der Waals surface area (Å²) in [4.78, 5) is 2.26. The van der Waals surface area contributed by atoms with E-state index in [1.54, 1.807) is 0 Å². The second kappa shape index (κ2) is 6.58. The summed E-state index contributed by atoms with van der Waals surface area (Å²) in [6, 6.07) is 15.1. The highest BCUT2D eigenvalue weighted by Crippen LogP contribution is 2.26. The van der Waals surface area contributed by atoms with E-state index in [1.807, 2.05) is 0 Å². The van der Waals surface area contributed by atoms with Crippen molar-refractivity contribution in [1.29, 1.82) is 0 Å². The van der Waals surface area contributed by atoms with Crippen molar-refractivity contribution in [3.63, 3.8) is 0 Å². The molecule has 0 atom stereocenters. The van der Waals surface area contributed by atoms with Gasteiger partial charge in [0.15, 0.2) is 0 Å². The number of hydrogen-bond acceptors (Lipinski definition) is 1. The van der Waals surface area contributed by atoms with E-state index in [1.165, 1.54) is 22.4 Å². The molecular formula is C16H17Br2N. The van der Waals surface area contributed by atoms with E-state index in [0.717, 1.165) is 16.3 Å². The molecule has 0 aromatic heterocycles. The van der Waals surface area contributed by atoms with Crippen molar-refractivity contribution in [3.05, 3.63) is 63.6 Å². The number of alkyl halides is 1. The van der Waals surface area contributed by atoms with Gasteiger partial charge in [-0.15, -0.1) is 0 Å². The van der Waals surface area contributed by atoms with Crippen LogP contribution in [0.5, 0.6) is 0 Å². The van der Waals surface area contributed by atoms with Crippen LogP contribution in [-0.4, -0.2) is 7.05 Å². The maximum Gasteiger partial charge on any atom is 0.0426 e. The SMILES string of the molecule is Cc1cccc(CN(C)c2ccc(CBr)c(Br)c2)c1. The molecule has 0 radical (unpaired) electrons. The predicted molar refractivity (Wildman–Crippen MR) is 90.1 cm³/mol. The number of aryl methyl sites for hydroxylation is 1. The van der Waals surface area contributed by atoms with Crippen LogP contribution in [0.25, 0.3) is 0 Å². The molecule has 0 saturated carbocycles. The molecule has 2 aromatic carbocycles. The Morgan fingerprint density at radius 1 is 1.11 bits per heavy atom. The lowest BCUT2D eigenvalue weighted by Crippen LogP contribution is -2.16. The third kappa shape index (κ3) is 3.83. The average molecular weight is 383 g/mol. The summed E-state index contributed by atoms with van der Waals surface area (Å²) in [7, 11) is 2.12. The first-order valence-electron chi connectivity index (χ1n) is 6.21. The predicted octanol–water partition coefficient (Wildman–Crippen LogP) is 5.29. The van der Waals surface area contributed by atoms with Gasteiger partial charge >= 0.3 is 0 Å². The highest BCUT2D eigenvalue weighted by molar-refractivity contribution is 9.10. The summed E-state index contributed by atoms with van der Waals surface area (Å²) in [6.07, 6.45) is 0. The van der Waals surface area contributed by atoms with Crippen molar-refractivity contribution in [1.82, 2.24) is 0 Å². The molecule has 0 saturated heterocycles. The Balaban J connectivity index is 2.15. The molecule has 0 fully saturated rings. The van der Waals surface area contributed by atoms with Gasteiger partial charge in [0.25, 0.3) is 0 Å². The van der Waals surface area contributed by atoms with Crippen LogP contribution < -0.4 is 4.90 Å². The first-order valence-corrected chi connectivity index (χ1v) is 8.12. The number of hydrogen-bond donors (Lipinski definition) is 0. The summed E-state index contributed by atoms with van der Waals surface area (Å²) in [5, 5.41) is 0.870. The monoisotopic (exact) mass is 381 g/mol. The number of benzene rings is 2. The fraction of sp³-hybridized carbons (Fsp3) is 0.250. The normalized spacial score (nSPS) is 10.5. The second-order valence-corrected chi connectivity index (χ2v) is 6.17. The topological polar surface area (TPSA) is 3.24 Å². The Morgan fingerprint density at radius 3 is 2.53 bits per heavy atom. The lowest BCUT2D eigenvalue weighted by molar-refractivity contribution is 0.920. The van der Waals surface area contributed by atoms with Crippen molar-refractivity contribution in [2.24, 2.45) is 0 Å². The van der Waals surface area contributed by atoms with Crippen molar-refractivity contribution in [3.8, 4) is 0 Å². The van der Waals surface area contributed by atoms with Gasteiger partial charge < -0.3 is 4.90 Å². The molecule has 100 valence electrons. The molecule has 3 heteroatoms. The van der Waals surface area contributed by atoms with E-state index in [-0.39, 0.29) is 0 Å².